The maximum absolute atomic E-state index is 11.9. The van der Waals surface area contributed by atoms with Crippen LogP contribution in [0.25, 0.3) is 0 Å². The number of nitrogens with zero attached hydrogens (tertiary/aromatic N) is 2. The largest absolute Gasteiger partial charge is 0.385 e. The second kappa shape index (κ2) is 10.9. The molecule has 6 heteroatoms. The van der Waals surface area contributed by atoms with Crippen molar-refractivity contribution in [3.05, 3.63) is 24.3 Å². The topological polar surface area (TPSA) is 56.8 Å². The minimum atomic E-state index is 0.0977. The van der Waals surface area contributed by atoms with E-state index in [1.807, 2.05) is 0 Å². The average molecular weight is 348 g/mol. The van der Waals surface area contributed by atoms with E-state index in [2.05, 4.69) is 58.5 Å². The molecule has 0 saturated carbocycles. The fourth-order valence-electron chi connectivity index (χ4n) is 2.97. The summed E-state index contributed by atoms with van der Waals surface area (Å²) in [4.78, 5) is 16.5. The molecule has 6 nitrogen and oxygen atoms in total. The predicted molar refractivity (Wildman–Crippen MR) is 103 cm³/mol. The van der Waals surface area contributed by atoms with Crippen molar-refractivity contribution in [2.75, 3.05) is 69.2 Å². The Morgan fingerprint density at radius 3 is 2.44 bits per heavy atom. The van der Waals surface area contributed by atoms with Crippen molar-refractivity contribution in [3.8, 4) is 0 Å². The molecule has 0 radical (unpaired) electrons. The van der Waals surface area contributed by atoms with Crippen LogP contribution in [0.4, 0.5) is 11.4 Å². The first-order valence-electron chi connectivity index (χ1n) is 9.38. The van der Waals surface area contributed by atoms with Crippen LogP contribution in [0.3, 0.4) is 0 Å². The van der Waals surface area contributed by atoms with Crippen molar-refractivity contribution >= 4 is 17.3 Å². The molecule has 1 amide bonds. The number of ether oxygens (including phenoxy) is 1. The monoisotopic (exact) mass is 348 g/mol. The molecule has 1 aliphatic rings. The molecule has 140 valence electrons. The Labute approximate surface area is 151 Å². The molecule has 1 saturated heterocycles. The molecule has 0 spiro atoms. The molecule has 1 fully saturated rings. The van der Waals surface area contributed by atoms with Crippen LogP contribution in [0.5, 0.6) is 0 Å². The minimum absolute atomic E-state index is 0.0977. The summed E-state index contributed by atoms with van der Waals surface area (Å²) < 4.78 is 5.32. The highest BCUT2D eigenvalue weighted by molar-refractivity contribution is 5.76. The SMILES string of the molecule is CCN(CC)c1ccc(NCCC(=O)NCCN2CCOCC2)cc1. The zero-order valence-corrected chi connectivity index (χ0v) is 15.6. The number of amides is 1. The molecule has 0 aromatic heterocycles. The maximum Gasteiger partial charge on any atom is 0.221 e. The van der Waals surface area contributed by atoms with Gasteiger partial charge in [0, 0.05) is 63.6 Å². The van der Waals surface area contributed by atoms with Gasteiger partial charge in [0.25, 0.3) is 0 Å². The van der Waals surface area contributed by atoms with Gasteiger partial charge in [-0.2, -0.15) is 0 Å². The molecule has 1 aliphatic heterocycles. The highest BCUT2D eigenvalue weighted by Gasteiger charge is 2.10. The van der Waals surface area contributed by atoms with Gasteiger partial charge < -0.3 is 20.3 Å². The molecule has 1 heterocycles. The Morgan fingerprint density at radius 1 is 1.12 bits per heavy atom. The van der Waals surface area contributed by atoms with E-state index in [1.165, 1.54) is 5.69 Å². The number of morpholine rings is 1. The van der Waals surface area contributed by atoms with Gasteiger partial charge in [0.15, 0.2) is 0 Å². The van der Waals surface area contributed by atoms with Gasteiger partial charge in [-0.15, -0.1) is 0 Å². The fraction of sp³-hybridized carbons (Fsp3) is 0.632. The lowest BCUT2D eigenvalue weighted by molar-refractivity contribution is -0.120. The Balaban J connectivity index is 1.60. The molecule has 1 aromatic carbocycles. The van der Waals surface area contributed by atoms with Crippen molar-refractivity contribution < 1.29 is 9.53 Å². The lowest BCUT2D eigenvalue weighted by Crippen LogP contribution is -2.41. The van der Waals surface area contributed by atoms with E-state index in [4.69, 9.17) is 4.74 Å². The van der Waals surface area contributed by atoms with Crippen LogP contribution >= 0.6 is 0 Å². The fourth-order valence-corrected chi connectivity index (χ4v) is 2.97. The minimum Gasteiger partial charge on any atom is -0.385 e. The van der Waals surface area contributed by atoms with Crippen LogP contribution in [0.2, 0.25) is 0 Å². The summed E-state index contributed by atoms with van der Waals surface area (Å²) in [6.45, 7) is 12.1. The number of hydrogen-bond acceptors (Lipinski definition) is 5. The van der Waals surface area contributed by atoms with E-state index in [-0.39, 0.29) is 5.91 Å². The Kier molecular flexibility index (Phi) is 8.55. The third-order valence-electron chi connectivity index (χ3n) is 4.53. The summed E-state index contributed by atoms with van der Waals surface area (Å²) in [6, 6.07) is 8.39. The van der Waals surface area contributed by atoms with Gasteiger partial charge >= 0.3 is 0 Å². The van der Waals surface area contributed by atoms with Gasteiger partial charge in [0.1, 0.15) is 0 Å². The van der Waals surface area contributed by atoms with Crippen LogP contribution in [-0.4, -0.2) is 69.8 Å². The average Bonchev–Trinajstić information content (AvgIpc) is 2.65. The number of benzene rings is 1. The standard InChI is InChI=1S/C19H32N4O2/c1-3-23(4-2)18-7-5-17(6-8-18)20-10-9-19(24)21-11-12-22-13-15-25-16-14-22/h5-8,20H,3-4,9-16H2,1-2H3,(H,21,24). The molecule has 0 aliphatic carbocycles. The van der Waals surface area contributed by atoms with Crippen LogP contribution in [-0.2, 0) is 9.53 Å². The van der Waals surface area contributed by atoms with Gasteiger partial charge in [-0.25, -0.2) is 0 Å². The van der Waals surface area contributed by atoms with Gasteiger partial charge in [-0.1, -0.05) is 0 Å². The van der Waals surface area contributed by atoms with Crippen molar-refractivity contribution in [2.45, 2.75) is 20.3 Å². The smallest absolute Gasteiger partial charge is 0.221 e. The van der Waals surface area contributed by atoms with Crippen molar-refractivity contribution in [1.29, 1.82) is 0 Å². The van der Waals surface area contributed by atoms with E-state index < -0.39 is 0 Å². The number of carbonyl (C=O) groups is 1. The first-order chi connectivity index (χ1) is 12.2. The van der Waals surface area contributed by atoms with Crippen molar-refractivity contribution in [3.63, 3.8) is 0 Å². The first kappa shape index (κ1) is 19.5. The number of rotatable bonds is 10. The molecule has 0 bridgehead atoms. The van der Waals surface area contributed by atoms with Gasteiger partial charge in [0.2, 0.25) is 5.91 Å². The van der Waals surface area contributed by atoms with Crippen LogP contribution in [0, 0.1) is 0 Å². The first-order valence-corrected chi connectivity index (χ1v) is 9.38. The highest BCUT2D eigenvalue weighted by Crippen LogP contribution is 2.17. The van der Waals surface area contributed by atoms with Crippen LogP contribution in [0.1, 0.15) is 20.3 Å². The molecule has 0 atom stereocenters. The third-order valence-corrected chi connectivity index (χ3v) is 4.53. The molecular formula is C19H32N4O2. The second-order valence-electron chi connectivity index (χ2n) is 6.20. The van der Waals surface area contributed by atoms with Crippen molar-refractivity contribution in [2.24, 2.45) is 0 Å². The zero-order valence-electron chi connectivity index (χ0n) is 15.6. The summed E-state index contributed by atoms with van der Waals surface area (Å²) >= 11 is 0. The molecule has 2 rings (SSSR count). The highest BCUT2D eigenvalue weighted by atomic mass is 16.5. The number of nitrogens with one attached hydrogen (secondary N) is 2. The third kappa shape index (κ3) is 6.92. The van der Waals surface area contributed by atoms with Crippen molar-refractivity contribution in [1.82, 2.24) is 10.2 Å². The van der Waals surface area contributed by atoms with E-state index in [0.717, 1.165) is 51.6 Å². The summed E-state index contributed by atoms with van der Waals surface area (Å²) in [6.07, 6.45) is 0.487. The van der Waals surface area contributed by atoms with E-state index in [1.54, 1.807) is 0 Å². The molecule has 1 aromatic rings. The van der Waals surface area contributed by atoms with E-state index >= 15 is 0 Å². The summed E-state index contributed by atoms with van der Waals surface area (Å²) in [5, 5.41) is 6.30. The number of hydrogen-bond donors (Lipinski definition) is 2. The molecule has 0 unspecified atom stereocenters. The quantitative estimate of drug-likeness (QED) is 0.675. The lowest BCUT2D eigenvalue weighted by Gasteiger charge is -2.26. The van der Waals surface area contributed by atoms with Gasteiger partial charge in [-0.05, 0) is 38.1 Å². The second-order valence-corrected chi connectivity index (χ2v) is 6.20. The Bertz CT molecular complexity index is 497. The predicted octanol–water partition coefficient (Wildman–Crippen LogP) is 1.78. The van der Waals surface area contributed by atoms with Crippen LogP contribution < -0.4 is 15.5 Å². The normalized spacial score (nSPS) is 15.0. The zero-order chi connectivity index (χ0) is 17.9. The maximum atomic E-state index is 11.9. The summed E-state index contributed by atoms with van der Waals surface area (Å²) in [7, 11) is 0. The Hall–Kier alpha value is -1.79. The number of anilines is 2. The van der Waals surface area contributed by atoms with E-state index in [0.29, 0.717) is 19.5 Å². The molecule has 2 N–H and O–H groups in total. The summed E-state index contributed by atoms with van der Waals surface area (Å²) in [5.41, 5.74) is 2.29. The lowest BCUT2D eigenvalue weighted by atomic mass is 10.2. The molecule has 25 heavy (non-hydrogen) atoms. The van der Waals surface area contributed by atoms with Gasteiger partial charge in [0.05, 0.1) is 13.2 Å². The Morgan fingerprint density at radius 2 is 1.80 bits per heavy atom. The van der Waals surface area contributed by atoms with Gasteiger partial charge in [-0.3, -0.25) is 9.69 Å². The van der Waals surface area contributed by atoms with Crippen LogP contribution in [0.15, 0.2) is 24.3 Å². The number of carbonyl (C=O) groups excluding carboxylic acids is 1. The molecular weight excluding hydrogens is 316 g/mol. The van der Waals surface area contributed by atoms with E-state index in [9.17, 15) is 4.79 Å². The summed E-state index contributed by atoms with van der Waals surface area (Å²) in [5.74, 6) is 0.0977.